The Balaban J connectivity index is 1.79. The van der Waals surface area contributed by atoms with Crippen molar-refractivity contribution in [3.63, 3.8) is 0 Å². The van der Waals surface area contributed by atoms with E-state index in [0.29, 0.717) is 19.4 Å². The maximum Gasteiger partial charge on any atom is 0.259 e. The van der Waals surface area contributed by atoms with Crippen molar-refractivity contribution in [2.24, 2.45) is 0 Å². The van der Waals surface area contributed by atoms with Crippen LogP contribution < -0.4 is 5.43 Å². The minimum Gasteiger partial charge on any atom is -0.391 e. The van der Waals surface area contributed by atoms with Gasteiger partial charge in [0.1, 0.15) is 5.56 Å². The number of carbonyl (C=O) groups excluding carboxylic acids is 1. The average Bonchev–Trinajstić information content (AvgIpc) is 2.61. The molecule has 1 aliphatic heterocycles. The van der Waals surface area contributed by atoms with Crippen LogP contribution in [-0.4, -0.2) is 39.6 Å². The van der Waals surface area contributed by atoms with Gasteiger partial charge in [0.25, 0.3) is 5.91 Å². The molecule has 132 valence electrons. The first-order valence-corrected chi connectivity index (χ1v) is 8.78. The van der Waals surface area contributed by atoms with E-state index < -0.39 is 6.10 Å². The Bertz CT molecular complexity index is 785. The molecular weight excluding hydrogens is 316 g/mol. The first-order chi connectivity index (χ1) is 12.1. The normalized spacial score (nSPS) is 20.5. The number of benzene rings is 1. The van der Waals surface area contributed by atoms with Gasteiger partial charge in [-0.25, -0.2) is 0 Å². The predicted molar refractivity (Wildman–Crippen MR) is 96.6 cm³/mol. The van der Waals surface area contributed by atoms with Crippen LogP contribution in [0.15, 0.2) is 47.4 Å². The van der Waals surface area contributed by atoms with Gasteiger partial charge in [0, 0.05) is 24.5 Å². The van der Waals surface area contributed by atoms with Gasteiger partial charge in [-0.3, -0.25) is 9.59 Å². The fourth-order valence-electron chi connectivity index (χ4n) is 3.49. The van der Waals surface area contributed by atoms with Crippen molar-refractivity contribution in [3.8, 4) is 0 Å². The summed E-state index contributed by atoms with van der Waals surface area (Å²) in [5.41, 5.74) is 1.77. The van der Waals surface area contributed by atoms with Gasteiger partial charge in [0.15, 0.2) is 5.43 Å². The molecule has 2 unspecified atom stereocenters. The molecular formula is C20H24N2O3. The molecule has 0 spiro atoms. The fourth-order valence-corrected chi connectivity index (χ4v) is 3.49. The summed E-state index contributed by atoms with van der Waals surface area (Å²) in [6.07, 6.45) is 3.84. The van der Waals surface area contributed by atoms with Crippen LogP contribution in [0.5, 0.6) is 0 Å². The summed E-state index contributed by atoms with van der Waals surface area (Å²) in [5.74, 6) is -0.293. The Morgan fingerprint density at radius 2 is 2.08 bits per heavy atom. The number of rotatable bonds is 4. The van der Waals surface area contributed by atoms with Gasteiger partial charge in [-0.2, -0.15) is 0 Å². The molecule has 0 bridgehead atoms. The van der Waals surface area contributed by atoms with E-state index >= 15 is 0 Å². The van der Waals surface area contributed by atoms with Crippen molar-refractivity contribution >= 4 is 5.91 Å². The van der Waals surface area contributed by atoms with E-state index in [-0.39, 0.29) is 22.9 Å². The molecule has 2 heterocycles. The van der Waals surface area contributed by atoms with Gasteiger partial charge < -0.3 is 15.0 Å². The summed E-state index contributed by atoms with van der Waals surface area (Å²) in [7, 11) is 0. The number of nitrogens with one attached hydrogen (secondary N) is 1. The first-order valence-electron chi connectivity index (χ1n) is 8.78. The Hall–Kier alpha value is -2.40. The third-order valence-corrected chi connectivity index (χ3v) is 4.86. The lowest BCUT2D eigenvalue weighted by atomic mass is 9.92. The third kappa shape index (κ3) is 3.99. The highest BCUT2D eigenvalue weighted by molar-refractivity contribution is 5.94. The van der Waals surface area contributed by atoms with Crippen molar-refractivity contribution in [1.82, 2.24) is 9.88 Å². The van der Waals surface area contributed by atoms with Crippen LogP contribution >= 0.6 is 0 Å². The van der Waals surface area contributed by atoms with Crippen LogP contribution in [0.1, 0.15) is 40.9 Å². The quantitative estimate of drug-likeness (QED) is 0.897. The maximum atomic E-state index is 12.9. The predicted octanol–water partition coefficient (Wildman–Crippen LogP) is 2.28. The molecule has 1 saturated heterocycles. The summed E-state index contributed by atoms with van der Waals surface area (Å²) in [5, 5.41) is 10.4. The molecule has 0 aliphatic carbocycles. The number of likely N-dealkylation sites (tertiary alicyclic amines) is 1. The lowest BCUT2D eigenvalue weighted by Crippen LogP contribution is -2.52. The molecule has 1 aromatic heterocycles. The molecule has 0 radical (unpaired) electrons. The number of carbonyl (C=O) groups is 1. The molecule has 1 aromatic carbocycles. The highest BCUT2D eigenvalue weighted by atomic mass is 16.3. The monoisotopic (exact) mass is 340 g/mol. The zero-order chi connectivity index (χ0) is 17.8. The Labute approximate surface area is 147 Å². The number of nitrogens with zero attached hydrogens (tertiary/aromatic N) is 1. The van der Waals surface area contributed by atoms with E-state index in [2.05, 4.69) is 4.98 Å². The largest absolute Gasteiger partial charge is 0.391 e. The molecule has 3 rings (SSSR count). The zero-order valence-electron chi connectivity index (χ0n) is 14.4. The standard InChI is InChI=1S/C20H24N2O3/c1-14-12-19(24)16(13-21-14)20(25)22-11-5-8-18(23)17(22)10-9-15-6-3-2-4-7-15/h2-4,6-7,12-13,17-18,23H,5,8-11H2,1H3,(H,21,24). The van der Waals surface area contributed by atoms with Crippen molar-refractivity contribution in [2.45, 2.75) is 44.8 Å². The fraction of sp³-hybridized carbons (Fsp3) is 0.400. The van der Waals surface area contributed by atoms with Crippen LogP contribution in [0.25, 0.3) is 0 Å². The highest BCUT2D eigenvalue weighted by Crippen LogP contribution is 2.23. The minimum absolute atomic E-state index is 0.143. The molecule has 0 saturated carbocycles. The second-order valence-electron chi connectivity index (χ2n) is 6.69. The van der Waals surface area contributed by atoms with Crippen molar-refractivity contribution < 1.29 is 9.90 Å². The van der Waals surface area contributed by atoms with Gasteiger partial charge in [-0.05, 0) is 38.2 Å². The van der Waals surface area contributed by atoms with Gasteiger partial charge >= 0.3 is 0 Å². The number of aromatic nitrogens is 1. The van der Waals surface area contributed by atoms with Gasteiger partial charge in [0.2, 0.25) is 0 Å². The van der Waals surface area contributed by atoms with Crippen LogP contribution in [0, 0.1) is 6.92 Å². The Kier molecular flexibility index (Phi) is 5.34. The number of aliphatic hydroxyl groups is 1. The summed E-state index contributed by atoms with van der Waals surface area (Å²) < 4.78 is 0. The minimum atomic E-state index is -0.550. The second kappa shape index (κ2) is 7.66. The van der Waals surface area contributed by atoms with E-state index in [1.807, 2.05) is 30.3 Å². The smallest absolute Gasteiger partial charge is 0.259 e. The van der Waals surface area contributed by atoms with Gasteiger partial charge in [-0.1, -0.05) is 30.3 Å². The van der Waals surface area contributed by atoms with Crippen molar-refractivity contribution in [3.05, 3.63) is 69.6 Å². The van der Waals surface area contributed by atoms with Crippen molar-refractivity contribution in [1.29, 1.82) is 0 Å². The lowest BCUT2D eigenvalue weighted by Gasteiger charge is -2.39. The summed E-state index contributed by atoms with van der Waals surface area (Å²) in [6, 6.07) is 11.2. The van der Waals surface area contributed by atoms with Crippen LogP contribution in [0.2, 0.25) is 0 Å². The van der Waals surface area contributed by atoms with E-state index in [1.165, 1.54) is 17.8 Å². The van der Waals surface area contributed by atoms with E-state index in [1.54, 1.807) is 11.8 Å². The number of aryl methyl sites for hydroxylation is 2. The second-order valence-corrected chi connectivity index (χ2v) is 6.69. The first kappa shape index (κ1) is 17.4. The van der Waals surface area contributed by atoms with E-state index in [0.717, 1.165) is 18.5 Å². The number of aliphatic hydroxyl groups excluding tert-OH is 1. The van der Waals surface area contributed by atoms with E-state index in [4.69, 9.17) is 0 Å². The van der Waals surface area contributed by atoms with Gasteiger partial charge in [-0.15, -0.1) is 0 Å². The average molecular weight is 340 g/mol. The van der Waals surface area contributed by atoms with Crippen LogP contribution in [-0.2, 0) is 6.42 Å². The maximum absolute atomic E-state index is 12.9. The van der Waals surface area contributed by atoms with Crippen molar-refractivity contribution in [2.75, 3.05) is 6.54 Å². The molecule has 2 atom stereocenters. The molecule has 2 aromatic rings. The van der Waals surface area contributed by atoms with E-state index in [9.17, 15) is 14.7 Å². The van der Waals surface area contributed by atoms with Gasteiger partial charge in [0.05, 0.1) is 12.1 Å². The summed E-state index contributed by atoms with van der Waals surface area (Å²) in [6.45, 7) is 2.35. The molecule has 1 fully saturated rings. The van der Waals surface area contributed by atoms with Crippen LogP contribution in [0.4, 0.5) is 0 Å². The molecule has 2 N–H and O–H groups in total. The third-order valence-electron chi connectivity index (χ3n) is 4.86. The molecule has 1 amide bonds. The molecule has 1 aliphatic rings. The zero-order valence-corrected chi connectivity index (χ0v) is 14.4. The number of hydrogen-bond donors (Lipinski definition) is 2. The Morgan fingerprint density at radius 3 is 2.80 bits per heavy atom. The number of piperidine rings is 1. The summed E-state index contributed by atoms with van der Waals surface area (Å²) >= 11 is 0. The number of amides is 1. The van der Waals surface area contributed by atoms with Crippen LogP contribution in [0.3, 0.4) is 0 Å². The topological polar surface area (TPSA) is 73.4 Å². The SMILES string of the molecule is Cc1cc(=O)c(C(=O)N2CCCC(O)C2CCc2ccccc2)c[nH]1. The molecule has 5 heteroatoms. The number of H-pyrrole nitrogens is 1. The molecule has 25 heavy (non-hydrogen) atoms. The molecule has 5 nitrogen and oxygen atoms in total. The Morgan fingerprint density at radius 1 is 1.32 bits per heavy atom. The number of hydrogen-bond acceptors (Lipinski definition) is 3. The highest BCUT2D eigenvalue weighted by Gasteiger charge is 2.34. The number of pyridine rings is 1. The summed E-state index contributed by atoms with van der Waals surface area (Å²) in [4.78, 5) is 29.7. The number of aromatic amines is 1. The lowest BCUT2D eigenvalue weighted by molar-refractivity contribution is 0.00880.